The van der Waals surface area contributed by atoms with Crippen LogP contribution in [0, 0.1) is 0 Å². The molecule has 0 aliphatic carbocycles. The van der Waals surface area contributed by atoms with Crippen molar-refractivity contribution in [3.8, 4) is 5.75 Å². The molecule has 2 amide bonds. The molecule has 1 heterocycles. The number of thiocarbonyl (C=S) groups is 1. The van der Waals surface area contributed by atoms with Crippen LogP contribution in [0.25, 0.3) is 0 Å². The zero-order valence-electron chi connectivity index (χ0n) is 16.1. The second-order valence-corrected chi connectivity index (χ2v) is 6.79. The molecule has 0 saturated carbocycles. The summed E-state index contributed by atoms with van der Waals surface area (Å²) in [5, 5.41) is 25.8. The van der Waals surface area contributed by atoms with Crippen molar-refractivity contribution in [2.24, 2.45) is 20.4 Å². The standard InChI is InChI=1S/C17H19ClN8O3S/c1-9(20-24-16(29)13-4-6-15(28)23-22-13)10(2)21-26-17(30)25-19-8-11-7-12(18)3-5-14(11)27/h3,5,7-8,27H,4,6H2,1-2H3,(H,23,28)(H,24,29)(H2,25,26,30). The van der Waals surface area contributed by atoms with Gasteiger partial charge in [-0.3, -0.25) is 20.4 Å². The minimum atomic E-state index is -0.508. The minimum Gasteiger partial charge on any atom is -0.507 e. The van der Waals surface area contributed by atoms with Crippen LogP contribution in [0.2, 0.25) is 5.02 Å². The predicted octanol–water partition coefficient (Wildman–Crippen LogP) is 0.978. The number of hydrogen-bond donors (Lipinski definition) is 5. The molecule has 13 heteroatoms. The third-order valence-electron chi connectivity index (χ3n) is 3.70. The summed E-state index contributed by atoms with van der Waals surface area (Å²) in [6.45, 7) is 3.30. The molecule has 30 heavy (non-hydrogen) atoms. The van der Waals surface area contributed by atoms with E-state index in [1.165, 1.54) is 12.3 Å². The number of hydrogen-bond acceptors (Lipinski definition) is 8. The van der Waals surface area contributed by atoms with Crippen LogP contribution in [-0.2, 0) is 9.59 Å². The molecule has 0 saturated heterocycles. The molecule has 1 aromatic carbocycles. The monoisotopic (exact) mass is 450 g/mol. The van der Waals surface area contributed by atoms with Crippen LogP contribution in [0.15, 0.2) is 38.6 Å². The quantitative estimate of drug-likeness (QED) is 0.247. The predicted molar refractivity (Wildman–Crippen MR) is 119 cm³/mol. The lowest BCUT2D eigenvalue weighted by Crippen LogP contribution is -2.35. The van der Waals surface area contributed by atoms with Crippen LogP contribution in [0.4, 0.5) is 0 Å². The van der Waals surface area contributed by atoms with Crippen molar-refractivity contribution >= 4 is 64.1 Å². The summed E-state index contributed by atoms with van der Waals surface area (Å²) in [4.78, 5) is 23.0. The molecule has 0 radical (unpaired) electrons. The van der Waals surface area contributed by atoms with Crippen molar-refractivity contribution in [3.63, 3.8) is 0 Å². The molecule has 0 spiro atoms. The summed E-state index contributed by atoms with van der Waals surface area (Å²) in [5.74, 6) is -0.724. The fraction of sp³-hybridized carbons (Fsp3) is 0.235. The number of nitrogens with one attached hydrogen (secondary N) is 4. The van der Waals surface area contributed by atoms with Gasteiger partial charge in [0.25, 0.3) is 5.91 Å². The van der Waals surface area contributed by atoms with Crippen LogP contribution in [0.5, 0.6) is 5.75 Å². The van der Waals surface area contributed by atoms with E-state index in [1.54, 1.807) is 26.0 Å². The number of phenolic OH excluding ortho intramolecular Hbond substituents is 1. The van der Waals surface area contributed by atoms with Gasteiger partial charge in [-0.2, -0.15) is 20.4 Å². The highest BCUT2D eigenvalue weighted by atomic mass is 35.5. The van der Waals surface area contributed by atoms with Crippen LogP contribution < -0.4 is 21.7 Å². The van der Waals surface area contributed by atoms with Gasteiger partial charge in [-0.1, -0.05) is 11.6 Å². The van der Waals surface area contributed by atoms with E-state index < -0.39 is 5.91 Å². The van der Waals surface area contributed by atoms with Crippen molar-refractivity contribution in [2.75, 3.05) is 0 Å². The number of hydrazone groups is 4. The van der Waals surface area contributed by atoms with Crippen molar-refractivity contribution in [1.29, 1.82) is 0 Å². The molecule has 0 bridgehead atoms. The van der Waals surface area contributed by atoms with Crippen molar-refractivity contribution < 1.29 is 14.7 Å². The average Bonchev–Trinajstić information content (AvgIpc) is 2.73. The Kier molecular flexibility index (Phi) is 8.38. The molecule has 5 N–H and O–H groups in total. The molecule has 1 aliphatic heterocycles. The van der Waals surface area contributed by atoms with Gasteiger partial charge in [-0.15, -0.1) is 0 Å². The van der Waals surface area contributed by atoms with Crippen molar-refractivity contribution in [3.05, 3.63) is 28.8 Å². The Balaban J connectivity index is 1.84. The van der Waals surface area contributed by atoms with E-state index >= 15 is 0 Å². The number of aromatic hydroxyl groups is 1. The van der Waals surface area contributed by atoms with E-state index in [9.17, 15) is 14.7 Å². The van der Waals surface area contributed by atoms with Crippen LogP contribution in [-0.4, -0.2) is 45.4 Å². The number of halogens is 1. The van der Waals surface area contributed by atoms with E-state index in [4.69, 9.17) is 23.8 Å². The maximum absolute atomic E-state index is 11.9. The van der Waals surface area contributed by atoms with Crippen molar-refractivity contribution in [1.82, 2.24) is 21.7 Å². The summed E-state index contributed by atoms with van der Waals surface area (Å²) in [6.07, 6.45) is 1.79. The van der Waals surface area contributed by atoms with Gasteiger partial charge in [0.15, 0.2) is 0 Å². The van der Waals surface area contributed by atoms with E-state index in [0.29, 0.717) is 22.0 Å². The van der Waals surface area contributed by atoms with Gasteiger partial charge >= 0.3 is 0 Å². The summed E-state index contributed by atoms with van der Waals surface area (Å²) < 4.78 is 0. The maximum atomic E-state index is 11.9. The summed E-state index contributed by atoms with van der Waals surface area (Å²) in [7, 11) is 0. The number of amides is 2. The summed E-state index contributed by atoms with van der Waals surface area (Å²) >= 11 is 10.9. The molecular weight excluding hydrogens is 432 g/mol. The molecule has 0 atom stereocenters. The smallest absolute Gasteiger partial charge is 0.287 e. The molecule has 1 aliphatic rings. The summed E-state index contributed by atoms with van der Waals surface area (Å²) in [5.41, 5.74) is 11.2. The first-order valence-corrected chi connectivity index (χ1v) is 9.37. The topological polar surface area (TPSA) is 152 Å². The number of carbonyl (C=O) groups is 2. The Bertz CT molecular complexity index is 974. The lowest BCUT2D eigenvalue weighted by Gasteiger charge is -2.10. The minimum absolute atomic E-state index is 0.0214. The van der Waals surface area contributed by atoms with Crippen LogP contribution >= 0.6 is 23.8 Å². The molecule has 0 aromatic heterocycles. The number of rotatable bonds is 6. The molecular formula is C17H19ClN8O3S. The maximum Gasteiger partial charge on any atom is 0.287 e. The van der Waals surface area contributed by atoms with Gasteiger partial charge in [-0.25, -0.2) is 10.9 Å². The Morgan fingerprint density at radius 2 is 1.93 bits per heavy atom. The summed E-state index contributed by atoms with van der Waals surface area (Å²) in [6, 6.07) is 4.55. The van der Waals surface area contributed by atoms with E-state index in [2.05, 4.69) is 42.1 Å². The number of carbonyl (C=O) groups excluding carboxylic acids is 2. The van der Waals surface area contributed by atoms with Gasteiger partial charge in [0.1, 0.15) is 11.5 Å². The van der Waals surface area contributed by atoms with Crippen LogP contribution in [0.3, 0.4) is 0 Å². The van der Waals surface area contributed by atoms with Crippen molar-refractivity contribution in [2.45, 2.75) is 26.7 Å². The lowest BCUT2D eigenvalue weighted by molar-refractivity contribution is -0.121. The molecule has 0 fully saturated rings. The Hall–Kier alpha value is -3.38. The third-order valence-corrected chi connectivity index (χ3v) is 4.12. The van der Waals surface area contributed by atoms with Gasteiger partial charge in [-0.05, 0) is 44.3 Å². The largest absolute Gasteiger partial charge is 0.507 e. The van der Waals surface area contributed by atoms with Gasteiger partial charge < -0.3 is 5.11 Å². The number of phenols is 1. The zero-order chi connectivity index (χ0) is 22.1. The normalized spacial score (nSPS) is 14.8. The van der Waals surface area contributed by atoms with Gasteiger partial charge in [0.2, 0.25) is 11.0 Å². The number of benzene rings is 1. The average molecular weight is 451 g/mol. The first-order valence-electron chi connectivity index (χ1n) is 8.58. The second-order valence-electron chi connectivity index (χ2n) is 5.94. The van der Waals surface area contributed by atoms with E-state index in [1.807, 2.05) is 0 Å². The highest BCUT2D eigenvalue weighted by Gasteiger charge is 2.17. The highest BCUT2D eigenvalue weighted by molar-refractivity contribution is 7.80. The fourth-order valence-electron chi connectivity index (χ4n) is 1.95. The SMILES string of the molecule is CC(=NNC(=O)C1=NNC(=O)CC1)C(C)=NNC(=S)NN=Cc1cc(Cl)ccc1O. The lowest BCUT2D eigenvalue weighted by atomic mass is 10.2. The van der Waals surface area contributed by atoms with Gasteiger partial charge in [0, 0.05) is 23.4 Å². The second kappa shape index (κ2) is 11.0. The molecule has 2 rings (SSSR count). The fourth-order valence-corrected chi connectivity index (χ4v) is 2.23. The molecule has 1 aromatic rings. The third kappa shape index (κ3) is 7.22. The Labute approximate surface area is 182 Å². The first-order chi connectivity index (χ1) is 14.3. The first kappa shape index (κ1) is 22.9. The van der Waals surface area contributed by atoms with E-state index in [0.717, 1.165) is 0 Å². The van der Waals surface area contributed by atoms with E-state index in [-0.39, 0.29) is 35.3 Å². The zero-order valence-corrected chi connectivity index (χ0v) is 17.6. The van der Waals surface area contributed by atoms with Crippen LogP contribution in [0.1, 0.15) is 32.3 Å². The molecule has 158 valence electrons. The Morgan fingerprint density at radius 3 is 2.60 bits per heavy atom. The Morgan fingerprint density at radius 1 is 1.23 bits per heavy atom. The number of nitrogens with zero attached hydrogens (tertiary/aromatic N) is 4. The molecule has 11 nitrogen and oxygen atoms in total. The van der Waals surface area contributed by atoms with Gasteiger partial charge in [0.05, 0.1) is 17.6 Å². The highest BCUT2D eigenvalue weighted by Crippen LogP contribution is 2.19. The molecule has 0 unspecified atom stereocenters.